The molecule has 0 saturated heterocycles. The predicted molar refractivity (Wildman–Crippen MR) is 46.0 cm³/mol. The van der Waals surface area contributed by atoms with Gasteiger partial charge in [-0.05, 0) is 33.5 Å². The Kier molecular flexibility index (Phi) is 2.60. The average Bonchev–Trinajstić information content (AvgIpc) is 1.94. The van der Waals surface area contributed by atoms with Gasteiger partial charge in [-0.1, -0.05) is 13.8 Å². The second kappa shape index (κ2) is 3.30. The molecule has 0 aliphatic heterocycles. The maximum Gasteiger partial charge on any atom is 0.227 e. The van der Waals surface area contributed by atoms with Crippen LogP contribution in [-0.4, -0.2) is 4.98 Å². The summed E-state index contributed by atoms with van der Waals surface area (Å²) in [6.07, 6.45) is 1.48. The third-order valence-electron chi connectivity index (χ3n) is 1.50. The van der Waals surface area contributed by atoms with Crippen molar-refractivity contribution in [1.82, 2.24) is 4.98 Å². The van der Waals surface area contributed by atoms with Crippen LogP contribution in [0.3, 0.4) is 0 Å². The van der Waals surface area contributed by atoms with E-state index in [4.69, 9.17) is 0 Å². The van der Waals surface area contributed by atoms with Crippen LogP contribution in [0.5, 0.6) is 0 Å². The molecular weight excluding hydrogens is 209 g/mol. The SMILES string of the molecule is CC(C)c1ccnc(F)c1Br. The lowest BCUT2D eigenvalue weighted by Gasteiger charge is -2.06. The molecule has 0 bridgehead atoms. The molecule has 1 rings (SSSR count). The summed E-state index contributed by atoms with van der Waals surface area (Å²) < 4.78 is 13.3. The van der Waals surface area contributed by atoms with Gasteiger partial charge in [-0.25, -0.2) is 4.98 Å². The van der Waals surface area contributed by atoms with E-state index in [1.54, 1.807) is 0 Å². The Hall–Kier alpha value is -0.440. The minimum absolute atomic E-state index is 0.321. The molecule has 0 fully saturated rings. The summed E-state index contributed by atoms with van der Waals surface area (Å²) in [6, 6.07) is 1.82. The molecule has 0 N–H and O–H groups in total. The van der Waals surface area contributed by atoms with Crippen molar-refractivity contribution in [2.75, 3.05) is 0 Å². The predicted octanol–water partition coefficient (Wildman–Crippen LogP) is 3.11. The number of nitrogens with zero attached hydrogens (tertiary/aromatic N) is 1. The van der Waals surface area contributed by atoms with E-state index >= 15 is 0 Å². The van der Waals surface area contributed by atoms with Gasteiger partial charge in [0.05, 0.1) is 4.47 Å². The quantitative estimate of drug-likeness (QED) is 0.660. The summed E-state index contributed by atoms with van der Waals surface area (Å²) in [4.78, 5) is 3.51. The summed E-state index contributed by atoms with van der Waals surface area (Å²) in [5.74, 6) is -0.113. The van der Waals surface area contributed by atoms with Gasteiger partial charge < -0.3 is 0 Å². The monoisotopic (exact) mass is 217 g/mol. The zero-order valence-electron chi connectivity index (χ0n) is 6.44. The van der Waals surface area contributed by atoms with Crippen LogP contribution in [-0.2, 0) is 0 Å². The van der Waals surface area contributed by atoms with E-state index in [1.165, 1.54) is 6.20 Å². The highest BCUT2D eigenvalue weighted by Crippen LogP contribution is 2.25. The second-order valence-corrected chi connectivity index (χ2v) is 3.45. The standard InChI is InChI=1S/C8H9BrFN/c1-5(2)6-3-4-11-8(10)7(6)9/h3-5H,1-2H3. The smallest absolute Gasteiger partial charge is 0.227 e. The van der Waals surface area contributed by atoms with E-state index in [2.05, 4.69) is 20.9 Å². The van der Waals surface area contributed by atoms with Crippen LogP contribution in [0.2, 0.25) is 0 Å². The summed E-state index contributed by atoms with van der Waals surface area (Å²) >= 11 is 3.14. The lowest BCUT2D eigenvalue weighted by Crippen LogP contribution is -1.93. The van der Waals surface area contributed by atoms with Crippen LogP contribution < -0.4 is 0 Å². The van der Waals surface area contributed by atoms with E-state index < -0.39 is 5.95 Å². The molecule has 1 heterocycles. The Bertz CT molecular complexity index is 260. The molecule has 0 atom stereocenters. The largest absolute Gasteiger partial charge is 0.227 e. The van der Waals surface area contributed by atoms with Gasteiger partial charge in [0.2, 0.25) is 5.95 Å². The first-order chi connectivity index (χ1) is 5.13. The van der Waals surface area contributed by atoms with E-state index in [-0.39, 0.29) is 0 Å². The van der Waals surface area contributed by atoms with Crippen molar-refractivity contribution < 1.29 is 4.39 Å². The van der Waals surface area contributed by atoms with Crippen molar-refractivity contribution in [1.29, 1.82) is 0 Å². The van der Waals surface area contributed by atoms with Gasteiger partial charge in [-0.2, -0.15) is 4.39 Å². The fourth-order valence-corrected chi connectivity index (χ4v) is 1.57. The highest BCUT2D eigenvalue weighted by molar-refractivity contribution is 9.10. The van der Waals surface area contributed by atoms with Crippen LogP contribution in [0.15, 0.2) is 16.7 Å². The van der Waals surface area contributed by atoms with Crippen molar-refractivity contribution in [2.24, 2.45) is 0 Å². The molecule has 11 heavy (non-hydrogen) atoms. The van der Waals surface area contributed by atoms with Crippen molar-refractivity contribution in [3.63, 3.8) is 0 Å². The van der Waals surface area contributed by atoms with Gasteiger partial charge in [0.25, 0.3) is 0 Å². The van der Waals surface area contributed by atoms with Crippen molar-refractivity contribution in [3.05, 3.63) is 28.2 Å². The van der Waals surface area contributed by atoms with Crippen molar-refractivity contribution in [2.45, 2.75) is 19.8 Å². The Morgan fingerprint density at radius 2 is 2.18 bits per heavy atom. The number of rotatable bonds is 1. The fourth-order valence-electron chi connectivity index (χ4n) is 0.878. The number of halogens is 2. The summed E-state index contributed by atoms with van der Waals surface area (Å²) in [5, 5.41) is 0. The molecular formula is C8H9BrFN. The molecule has 1 nitrogen and oxygen atoms in total. The zero-order chi connectivity index (χ0) is 8.43. The first kappa shape index (κ1) is 8.65. The van der Waals surface area contributed by atoms with Gasteiger partial charge in [-0.3, -0.25) is 0 Å². The summed E-state index contributed by atoms with van der Waals surface area (Å²) in [5.41, 5.74) is 0.956. The molecule has 0 aliphatic rings. The molecule has 0 spiro atoms. The zero-order valence-corrected chi connectivity index (χ0v) is 8.02. The Morgan fingerprint density at radius 3 is 2.64 bits per heavy atom. The maximum absolute atomic E-state index is 12.8. The van der Waals surface area contributed by atoms with Crippen LogP contribution in [0.1, 0.15) is 25.3 Å². The minimum Gasteiger partial charge on any atom is -0.227 e. The van der Waals surface area contributed by atoms with Crippen LogP contribution >= 0.6 is 15.9 Å². The van der Waals surface area contributed by atoms with E-state index in [0.717, 1.165) is 5.56 Å². The second-order valence-electron chi connectivity index (χ2n) is 2.66. The van der Waals surface area contributed by atoms with E-state index in [9.17, 15) is 4.39 Å². The summed E-state index contributed by atoms with van der Waals surface area (Å²) in [7, 11) is 0. The molecule has 3 heteroatoms. The number of pyridine rings is 1. The third-order valence-corrected chi connectivity index (χ3v) is 2.28. The molecule has 0 radical (unpaired) electrons. The Morgan fingerprint density at radius 1 is 1.55 bits per heavy atom. The number of aromatic nitrogens is 1. The summed E-state index contributed by atoms with van der Waals surface area (Å²) in [6.45, 7) is 4.03. The van der Waals surface area contributed by atoms with E-state index in [0.29, 0.717) is 10.4 Å². The average molecular weight is 218 g/mol. The number of hydrogen-bond acceptors (Lipinski definition) is 1. The van der Waals surface area contributed by atoms with Crippen molar-refractivity contribution >= 4 is 15.9 Å². The van der Waals surface area contributed by atoms with Crippen LogP contribution in [0.25, 0.3) is 0 Å². The molecule has 0 saturated carbocycles. The fraction of sp³-hybridized carbons (Fsp3) is 0.375. The van der Waals surface area contributed by atoms with Crippen LogP contribution in [0, 0.1) is 5.95 Å². The molecule has 0 aliphatic carbocycles. The minimum atomic E-state index is -0.434. The highest BCUT2D eigenvalue weighted by atomic mass is 79.9. The number of hydrogen-bond donors (Lipinski definition) is 0. The van der Waals surface area contributed by atoms with E-state index in [1.807, 2.05) is 19.9 Å². The van der Waals surface area contributed by atoms with Gasteiger partial charge in [0, 0.05) is 6.20 Å². The third kappa shape index (κ3) is 1.77. The molecule has 1 aromatic heterocycles. The lowest BCUT2D eigenvalue weighted by atomic mass is 10.1. The topological polar surface area (TPSA) is 12.9 Å². The molecule has 60 valence electrons. The normalized spacial score (nSPS) is 10.6. The first-order valence-corrected chi connectivity index (χ1v) is 4.22. The van der Waals surface area contributed by atoms with Crippen molar-refractivity contribution in [3.8, 4) is 0 Å². The Labute approximate surface area is 73.8 Å². The first-order valence-electron chi connectivity index (χ1n) is 3.43. The lowest BCUT2D eigenvalue weighted by molar-refractivity contribution is 0.571. The Balaban J connectivity index is 3.17. The molecule has 0 amide bonds. The highest BCUT2D eigenvalue weighted by Gasteiger charge is 2.08. The molecule has 0 aromatic carbocycles. The molecule has 0 unspecified atom stereocenters. The maximum atomic E-state index is 12.8. The van der Waals surface area contributed by atoms with Gasteiger partial charge in [-0.15, -0.1) is 0 Å². The van der Waals surface area contributed by atoms with Gasteiger partial charge in [0.1, 0.15) is 0 Å². The van der Waals surface area contributed by atoms with Gasteiger partial charge in [0.15, 0.2) is 0 Å². The van der Waals surface area contributed by atoms with Gasteiger partial charge >= 0.3 is 0 Å². The molecule has 1 aromatic rings. The van der Waals surface area contributed by atoms with Crippen LogP contribution in [0.4, 0.5) is 4.39 Å².